The van der Waals surface area contributed by atoms with Crippen LogP contribution in [0.2, 0.25) is 0 Å². The van der Waals surface area contributed by atoms with Crippen molar-refractivity contribution in [3.8, 4) is 0 Å². The third-order valence-electron chi connectivity index (χ3n) is 1.66. The lowest BCUT2D eigenvalue weighted by Crippen LogP contribution is -2.52. The molecular weight excluding hydrogens is 262 g/mol. The van der Waals surface area contributed by atoms with E-state index in [1.165, 1.54) is 12.4 Å². The zero-order chi connectivity index (χ0) is 11.6. The number of rotatable bonds is 1. The van der Waals surface area contributed by atoms with Crippen LogP contribution in [0, 0.1) is 0 Å². The van der Waals surface area contributed by atoms with Gasteiger partial charge in [-0.15, -0.1) is 0 Å². The number of aromatic nitrogens is 2. The molecule has 0 spiro atoms. The van der Waals surface area contributed by atoms with Crippen molar-refractivity contribution in [2.45, 2.75) is 26.3 Å². The number of carbonyl (C=O) groups excluding carboxylic acids is 1. The molecule has 0 fully saturated rings. The zero-order valence-corrected chi connectivity index (χ0v) is 10.3. The van der Waals surface area contributed by atoms with Gasteiger partial charge in [-0.2, -0.15) is 0 Å². The number of nitrogens with zero attached hydrogens (tertiary/aromatic N) is 3. The van der Waals surface area contributed by atoms with Gasteiger partial charge in [0.25, 0.3) is 0 Å². The summed E-state index contributed by atoms with van der Waals surface area (Å²) in [6, 6.07) is 0. The Morgan fingerprint density at radius 2 is 1.87 bits per heavy atom. The minimum absolute atomic E-state index is 0.116. The van der Waals surface area contributed by atoms with Crippen molar-refractivity contribution in [3.05, 3.63) is 16.9 Å². The van der Waals surface area contributed by atoms with E-state index in [1.807, 2.05) is 0 Å². The third-order valence-corrected chi connectivity index (χ3v) is 2.07. The molecule has 0 unspecified atom stereocenters. The number of hydrogen-bond donors (Lipinski definition) is 0. The molecule has 0 N–H and O–H groups in total. The van der Waals surface area contributed by atoms with Crippen LogP contribution in [0.1, 0.15) is 20.8 Å². The van der Waals surface area contributed by atoms with Crippen molar-refractivity contribution in [3.63, 3.8) is 0 Å². The molecule has 1 aromatic rings. The van der Waals surface area contributed by atoms with Crippen molar-refractivity contribution in [1.29, 1.82) is 0 Å². The second-order valence-corrected chi connectivity index (χ2v) is 4.89. The predicted molar refractivity (Wildman–Crippen MR) is 57.4 cm³/mol. The Kier molecular flexibility index (Phi) is 3.28. The van der Waals surface area contributed by atoms with Gasteiger partial charge < -0.3 is 9.90 Å². The summed E-state index contributed by atoms with van der Waals surface area (Å²) in [5.41, 5.74) is -0.632. The Hall–Kier alpha value is -1.17. The van der Waals surface area contributed by atoms with Crippen molar-refractivity contribution < 1.29 is 9.90 Å². The van der Waals surface area contributed by atoms with Crippen LogP contribution in [-0.2, 0) is 0 Å². The molecule has 15 heavy (non-hydrogen) atoms. The quantitative estimate of drug-likeness (QED) is 0.770. The average molecular weight is 273 g/mol. The first-order valence-corrected chi connectivity index (χ1v) is 5.10. The minimum atomic E-state index is -1.31. The van der Waals surface area contributed by atoms with E-state index in [2.05, 4.69) is 25.9 Å². The van der Waals surface area contributed by atoms with Crippen molar-refractivity contribution in [2.75, 3.05) is 4.90 Å². The monoisotopic (exact) mass is 272 g/mol. The molecule has 82 valence electrons. The minimum Gasteiger partial charge on any atom is -0.530 e. The first-order chi connectivity index (χ1) is 6.82. The van der Waals surface area contributed by atoms with Crippen molar-refractivity contribution >= 4 is 28.0 Å². The highest BCUT2D eigenvalue weighted by Gasteiger charge is 2.24. The van der Waals surface area contributed by atoms with Gasteiger partial charge in [-0.25, -0.2) is 9.97 Å². The maximum atomic E-state index is 11.0. The van der Waals surface area contributed by atoms with Gasteiger partial charge in [-0.1, -0.05) is 0 Å². The summed E-state index contributed by atoms with van der Waals surface area (Å²) >= 11 is 3.18. The standard InChI is InChI=1S/C9H12BrN3O2/c1-9(2,3)13(8(14)15)7-11-4-6(10)5-12-7/h4-5H,1-3H3,(H,14,15)/p-1. The van der Waals surface area contributed by atoms with Crippen LogP contribution in [0.25, 0.3) is 0 Å². The van der Waals surface area contributed by atoms with Crippen molar-refractivity contribution in [1.82, 2.24) is 9.97 Å². The predicted octanol–water partition coefficient (Wildman–Crippen LogP) is 1.19. The van der Waals surface area contributed by atoms with E-state index in [9.17, 15) is 9.90 Å². The highest BCUT2D eigenvalue weighted by molar-refractivity contribution is 9.10. The largest absolute Gasteiger partial charge is 0.530 e. The fourth-order valence-electron chi connectivity index (χ4n) is 1.08. The molecule has 1 rings (SSSR count). The van der Waals surface area contributed by atoms with E-state index in [0.29, 0.717) is 4.47 Å². The molecule has 6 heteroatoms. The number of carbonyl (C=O) groups is 1. The molecule has 0 aliphatic heterocycles. The van der Waals surface area contributed by atoms with Crippen LogP contribution in [0.4, 0.5) is 10.7 Å². The van der Waals surface area contributed by atoms with Gasteiger partial charge in [0.1, 0.15) is 6.09 Å². The second kappa shape index (κ2) is 4.14. The van der Waals surface area contributed by atoms with E-state index in [-0.39, 0.29) is 5.95 Å². The zero-order valence-electron chi connectivity index (χ0n) is 8.69. The normalized spacial score (nSPS) is 11.2. The van der Waals surface area contributed by atoms with Crippen LogP contribution in [0.15, 0.2) is 16.9 Å². The molecule has 0 aromatic carbocycles. The lowest BCUT2D eigenvalue weighted by molar-refractivity contribution is -0.247. The molecule has 0 aliphatic rings. The highest BCUT2D eigenvalue weighted by atomic mass is 79.9. The summed E-state index contributed by atoms with van der Waals surface area (Å²) < 4.78 is 0.693. The summed E-state index contributed by atoms with van der Waals surface area (Å²) in [7, 11) is 0. The Bertz CT molecular complexity index is 359. The van der Waals surface area contributed by atoms with Gasteiger partial charge in [-0.05, 0) is 36.7 Å². The topological polar surface area (TPSA) is 69.2 Å². The highest BCUT2D eigenvalue weighted by Crippen LogP contribution is 2.19. The first kappa shape index (κ1) is 11.9. The molecule has 1 aromatic heterocycles. The Balaban J connectivity index is 3.11. The van der Waals surface area contributed by atoms with Gasteiger partial charge in [0.05, 0.1) is 4.47 Å². The van der Waals surface area contributed by atoms with E-state index in [1.54, 1.807) is 20.8 Å². The van der Waals surface area contributed by atoms with E-state index in [4.69, 9.17) is 0 Å². The Morgan fingerprint density at radius 1 is 1.40 bits per heavy atom. The molecule has 1 heterocycles. The van der Waals surface area contributed by atoms with Crippen LogP contribution in [0.3, 0.4) is 0 Å². The maximum absolute atomic E-state index is 11.0. The summed E-state index contributed by atoms with van der Waals surface area (Å²) in [6.07, 6.45) is 1.67. The summed E-state index contributed by atoms with van der Waals surface area (Å²) in [5, 5.41) is 11.0. The van der Waals surface area contributed by atoms with Crippen LogP contribution < -0.4 is 10.0 Å². The average Bonchev–Trinajstić information content (AvgIpc) is 2.05. The summed E-state index contributed by atoms with van der Waals surface area (Å²) in [6.45, 7) is 5.23. The van der Waals surface area contributed by atoms with Crippen molar-refractivity contribution in [2.24, 2.45) is 0 Å². The van der Waals surface area contributed by atoms with Gasteiger partial charge in [0.2, 0.25) is 5.95 Å². The molecule has 0 saturated heterocycles. The summed E-state index contributed by atoms with van der Waals surface area (Å²) in [5.74, 6) is 0.116. The fraction of sp³-hybridized carbons (Fsp3) is 0.444. The lowest BCUT2D eigenvalue weighted by Gasteiger charge is -2.35. The van der Waals surface area contributed by atoms with Crippen LogP contribution in [0.5, 0.6) is 0 Å². The number of carboxylic acid groups (broad SMARTS) is 1. The maximum Gasteiger partial charge on any atom is 0.231 e. The number of anilines is 1. The van der Waals surface area contributed by atoms with E-state index >= 15 is 0 Å². The number of amides is 1. The molecule has 0 radical (unpaired) electrons. The van der Waals surface area contributed by atoms with Crippen LogP contribution in [-0.4, -0.2) is 21.6 Å². The molecule has 0 saturated carbocycles. The second-order valence-electron chi connectivity index (χ2n) is 3.97. The lowest BCUT2D eigenvalue weighted by atomic mass is 10.1. The SMILES string of the molecule is CC(C)(C)N(C(=O)[O-])c1ncc(Br)cn1. The van der Waals surface area contributed by atoms with Gasteiger partial charge >= 0.3 is 0 Å². The van der Waals surface area contributed by atoms with Gasteiger partial charge in [0.15, 0.2) is 0 Å². The third kappa shape index (κ3) is 2.89. The molecular formula is C9H11BrN3O2-. The van der Waals surface area contributed by atoms with E-state index in [0.717, 1.165) is 4.90 Å². The smallest absolute Gasteiger partial charge is 0.231 e. The Morgan fingerprint density at radius 3 is 2.20 bits per heavy atom. The number of hydrogen-bond acceptors (Lipinski definition) is 4. The molecule has 0 aliphatic carbocycles. The molecule has 0 bridgehead atoms. The van der Waals surface area contributed by atoms with E-state index < -0.39 is 11.6 Å². The fourth-order valence-corrected chi connectivity index (χ4v) is 1.28. The summed E-state index contributed by atoms with van der Waals surface area (Å²) in [4.78, 5) is 19.8. The molecule has 0 atom stereocenters. The first-order valence-electron chi connectivity index (χ1n) is 4.31. The molecule has 1 amide bonds. The van der Waals surface area contributed by atoms with Gasteiger partial charge in [0, 0.05) is 17.9 Å². The molecule has 5 nitrogen and oxygen atoms in total. The van der Waals surface area contributed by atoms with Crippen LogP contribution >= 0.6 is 15.9 Å². The number of halogens is 1. The Labute approximate surface area is 96.3 Å². The van der Waals surface area contributed by atoms with Gasteiger partial charge in [-0.3, -0.25) is 4.90 Å².